The van der Waals surface area contributed by atoms with Gasteiger partial charge in [0.1, 0.15) is 0 Å². The van der Waals surface area contributed by atoms with E-state index in [4.69, 9.17) is 5.11 Å². The summed E-state index contributed by atoms with van der Waals surface area (Å²) in [7, 11) is 0. The number of nitrogens with zero attached hydrogens (tertiary/aromatic N) is 1. The molecule has 0 atom stereocenters. The molecular weight excluding hydrogens is 130 g/mol. The predicted molar refractivity (Wildman–Crippen MR) is 35.7 cm³/mol. The molecule has 0 spiro atoms. The summed E-state index contributed by atoms with van der Waals surface area (Å²) in [4.78, 5) is 12.4. The summed E-state index contributed by atoms with van der Waals surface area (Å²) in [5.41, 5.74) is 0. The molecule has 0 aromatic heterocycles. The Morgan fingerprint density at radius 3 is 2.70 bits per heavy atom. The Balaban J connectivity index is 1.89. The van der Waals surface area contributed by atoms with Crippen LogP contribution in [0.5, 0.6) is 0 Å². The summed E-state index contributed by atoms with van der Waals surface area (Å²) >= 11 is 0. The molecule has 56 valence electrons. The Hall–Kier alpha value is -0.570. The Bertz CT molecular complexity index is 163. The number of carboxylic acids is 1. The van der Waals surface area contributed by atoms with Crippen LogP contribution in [0.1, 0.15) is 12.8 Å². The molecule has 3 nitrogen and oxygen atoms in total. The second kappa shape index (κ2) is 1.95. The van der Waals surface area contributed by atoms with Gasteiger partial charge in [0, 0.05) is 12.6 Å². The first kappa shape index (κ1) is 6.16. The number of hydrogen-bond donors (Lipinski definition) is 1. The highest BCUT2D eigenvalue weighted by Crippen LogP contribution is 2.39. The molecule has 0 amide bonds. The molecule has 3 fully saturated rings. The zero-order valence-electron chi connectivity index (χ0n) is 5.79. The lowest BCUT2D eigenvalue weighted by Crippen LogP contribution is -2.32. The normalized spacial score (nSPS) is 37.6. The van der Waals surface area contributed by atoms with E-state index in [1.54, 1.807) is 0 Å². The van der Waals surface area contributed by atoms with Crippen molar-refractivity contribution in [1.29, 1.82) is 0 Å². The second-order valence-electron chi connectivity index (χ2n) is 3.31. The van der Waals surface area contributed by atoms with E-state index >= 15 is 0 Å². The summed E-state index contributed by atoms with van der Waals surface area (Å²) in [6.07, 6.45) is 2.49. The van der Waals surface area contributed by atoms with Gasteiger partial charge in [-0.1, -0.05) is 0 Å². The molecule has 1 N–H and O–H groups in total. The largest absolute Gasteiger partial charge is 0.480 e. The number of fused-ring (bicyclic) bond motifs is 1. The van der Waals surface area contributed by atoms with E-state index in [-0.39, 0.29) is 6.54 Å². The Morgan fingerprint density at radius 2 is 2.30 bits per heavy atom. The highest BCUT2D eigenvalue weighted by molar-refractivity contribution is 5.69. The highest BCUT2D eigenvalue weighted by Gasteiger charge is 2.42. The quantitative estimate of drug-likeness (QED) is 0.595. The number of carbonyl (C=O) groups is 1. The summed E-state index contributed by atoms with van der Waals surface area (Å²) in [6, 6.07) is 0.612. The molecule has 0 aromatic rings. The van der Waals surface area contributed by atoms with Gasteiger partial charge in [-0.25, -0.2) is 0 Å². The zero-order chi connectivity index (χ0) is 7.14. The third-order valence-corrected chi connectivity index (χ3v) is 2.56. The van der Waals surface area contributed by atoms with Crippen molar-refractivity contribution in [3.05, 3.63) is 0 Å². The fourth-order valence-electron chi connectivity index (χ4n) is 2.00. The molecule has 3 heteroatoms. The molecule has 1 saturated carbocycles. The minimum Gasteiger partial charge on any atom is -0.480 e. The van der Waals surface area contributed by atoms with Crippen LogP contribution in [0.3, 0.4) is 0 Å². The summed E-state index contributed by atoms with van der Waals surface area (Å²) in [6.45, 7) is 1.28. The topological polar surface area (TPSA) is 40.5 Å². The van der Waals surface area contributed by atoms with Crippen LogP contribution in [0.4, 0.5) is 0 Å². The molecule has 3 aliphatic rings. The highest BCUT2D eigenvalue weighted by atomic mass is 16.4. The van der Waals surface area contributed by atoms with Crippen LogP contribution < -0.4 is 0 Å². The molecule has 2 saturated heterocycles. The van der Waals surface area contributed by atoms with E-state index in [1.807, 2.05) is 0 Å². The van der Waals surface area contributed by atoms with Gasteiger partial charge in [0.05, 0.1) is 6.54 Å². The minimum atomic E-state index is -0.687. The molecule has 2 bridgehead atoms. The zero-order valence-corrected chi connectivity index (χ0v) is 5.79. The standard InChI is InChI=1S/C7H11NO2/c9-7(10)4-8-3-5-1-6(8)2-5/h5-6H,1-4H2,(H,9,10). The van der Waals surface area contributed by atoms with Crippen molar-refractivity contribution in [3.63, 3.8) is 0 Å². The van der Waals surface area contributed by atoms with Crippen molar-refractivity contribution in [2.24, 2.45) is 5.92 Å². The molecule has 1 aliphatic carbocycles. The predicted octanol–water partition coefficient (Wildman–Crippen LogP) is 0.165. The monoisotopic (exact) mass is 141 g/mol. The van der Waals surface area contributed by atoms with E-state index in [1.165, 1.54) is 12.8 Å². The van der Waals surface area contributed by atoms with Gasteiger partial charge in [-0.05, 0) is 18.8 Å². The van der Waals surface area contributed by atoms with Crippen molar-refractivity contribution in [3.8, 4) is 0 Å². The lowest BCUT2D eigenvalue weighted by molar-refractivity contribution is -0.138. The van der Waals surface area contributed by atoms with Gasteiger partial charge < -0.3 is 5.11 Å². The number of hydrogen-bond acceptors (Lipinski definition) is 2. The third kappa shape index (κ3) is 0.814. The van der Waals surface area contributed by atoms with Gasteiger partial charge in [-0.2, -0.15) is 0 Å². The lowest BCUT2D eigenvalue weighted by atomic mass is 9.86. The van der Waals surface area contributed by atoms with Crippen LogP contribution in [-0.4, -0.2) is 35.1 Å². The average molecular weight is 141 g/mol. The first-order valence-electron chi connectivity index (χ1n) is 3.71. The molecule has 0 radical (unpaired) electrons. The van der Waals surface area contributed by atoms with Gasteiger partial charge in [0.25, 0.3) is 0 Å². The maximum atomic E-state index is 10.3. The van der Waals surface area contributed by atoms with Crippen molar-refractivity contribution in [1.82, 2.24) is 4.90 Å². The molecule has 0 aromatic carbocycles. The molecular formula is C7H11NO2. The van der Waals surface area contributed by atoms with Gasteiger partial charge >= 0.3 is 5.97 Å². The van der Waals surface area contributed by atoms with E-state index < -0.39 is 5.97 Å². The smallest absolute Gasteiger partial charge is 0.317 e. The first-order valence-corrected chi connectivity index (χ1v) is 3.71. The summed E-state index contributed by atoms with van der Waals surface area (Å²) in [5.74, 6) is 0.136. The summed E-state index contributed by atoms with van der Waals surface area (Å²) in [5, 5.41) is 8.47. The van der Waals surface area contributed by atoms with Crippen LogP contribution in [0.15, 0.2) is 0 Å². The van der Waals surface area contributed by atoms with Crippen LogP contribution in [0.2, 0.25) is 0 Å². The van der Waals surface area contributed by atoms with Gasteiger partial charge in [-0.3, -0.25) is 9.69 Å². The van der Waals surface area contributed by atoms with Gasteiger partial charge in [0.2, 0.25) is 0 Å². The average Bonchev–Trinajstić information content (AvgIpc) is 2.16. The SMILES string of the molecule is O=C(O)CN1CC2CC1C2. The fourth-order valence-corrected chi connectivity index (χ4v) is 2.00. The maximum Gasteiger partial charge on any atom is 0.317 e. The number of rotatable bonds is 2. The molecule has 0 unspecified atom stereocenters. The van der Waals surface area contributed by atoms with E-state index in [0.717, 1.165) is 12.5 Å². The Labute approximate surface area is 59.6 Å². The van der Waals surface area contributed by atoms with Gasteiger partial charge in [0.15, 0.2) is 0 Å². The van der Waals surface area contributed by atoms with Crippen molar-refractivity contribution >= 4 is 5.97 Å². The van der Waals surface area contributed by atoms with Crippen LogP contribution in [0.25, 0.3) is 0 Å². The van der Waals surface area contributed by atoms with Gasteiger partial charge in [-0.15, -0.1) is 0 Å². The molecule has 3 rings (SSSR count). The van der Waals surface area contributed by atoms with Crippen LogP contribution in [-0.2, 0) is 4.79 Å². The van der Waals surface area contributed by atoms with Crippen molar-refractivity contribution in [2.75, 3.05) is 13.1 Å². The molecule has 2 heterocycles. The van der Waals surface area contributed by atoms with Crippen LogP contribution >= 0.6 is 0 Å². The maximum absolute atomic E-state index is 10.3. The van der Waals surface area contributed by atoms with Crippen molar-refractivity contribution in [2.45, 2.75) is 18.9 Å². The lowest BCUT2D eigenvalue weighted by Gasteiger charge is -2.24. The Kier molecular flexibility index (Phi) is 1.20. The minimum absolute atomic E-state index is 0.251. The first-order chi connectivity index (χ1) is 4.75. The number of carboxylic acid groups (broad SMARTS) is 1. The number of aliphatic carboxylic acids is 1. The Morgan fingerprint density at radius 1 is 1.60 bits per heavy atom. The fraction of sp³-hybridized carbons (Fsp3) is 0.857. The van der Waals surface area contributed by atoms with Crippen molar-refractivity contribution < 1.29 is 9.90 Å². The molecule has 10 heavy (non-hydrogen) atoms. The third-order valence-electron chi connectivity index (χ3n) is 2.56. The molecule has 2 aliphatic heterocycles. The summed E-state index contributed by atoms with van der Waals surface area (Å²) < 4.78 is 0. The van der Waals surface area contributed by atoms with Crippen LogP contribution in [0, 0.1) is 5.92 Å². The van der Waals surface area contributed by atoms with E-state index in [2.05, 4.69) is 4.90 Å². The second-order valence-corrected chi connectivity index (χ2v) is 3.31. The van der Waals surface area contributed by atoms with E-state index in [9.17, 15) is 4.79 Å². The van der Waals surface area contributed by atoms with E-state index in [0.29, 0.717) is 6.04 Å².